The molecule has 0 radical (unpaired) electrons. The lowest BCUT2D eigenvalue weighted by Crippen LogP contribution is -2.73. The van der Waals surface area contributed by atoms with Crippen molar-refractivity contribution in [3.8, 4) is 0 Å². The molecule has 2 amide bonds. The number of nitrogens with zero attached hydrogens (tertiary/aromatic N) is 1. The van der Waals surface area contributed by atoms with Crippen molar-refractivity contribution >= 4 is 12.0 Å². The molecule has 2 rings (SSSR count). The fourth-order valence-corrected chi connectivity index (χ4v) is 2.74. The zero-order valence-corrected chi connectivity index (χ0v) is 13.0. The SMILES string of the molecule is CCOC(=O)[C@H]1[C@H](c2ccccc2)NC(=O)N(C)[C@@]1(O)C(F)(F)F. The van der Waals surface area contributed by atoms with Crippen LogP contribution < -0.4 is 5.32 Å². The molecule has 1 saturated heterocycles. The van der Waals surface area contributed by atoms with E-state index in [0.29, 0.717) is 0 Å². The Bertz CT molecular complexity index is 623. The number of hydrogen-bond donors (Lipinski definition) is 2. The number of nitrogens with one attached hydrogen (secondary N) is 1. The topological polar surface area (TPSA) is 78.9 Å². The van der Waals surface area contributed by atoms with Crippen LogP contribution in [0.15, 0.2) is 30.3 Å². The van der Waals surface area contributed by atoms with E-state index >= 15 is 0 Å². The van der Waals surface area contributed by atoms with E-state index in [1.54, 1.807) is 18.2 Å². The van der Waals surface area contributed by atoms with Crippen LogP contribution >= 0.6 is 0 Å². The van der Waals surface area contributed by atoms with Gasteiger partial charge in [0.15, 0.2) is 0 Å². The second kappa shape index (κ2) is 6.31. The molecule has 3 atom stereocenters. The molecule has 1 fully saturated rings. The number of esters is 1. The standard InChI is InChI=1S/C15H17F3N2O4/c1-3-24-12(21)10-11(9-7-5-4-6-8-9)19-13(22)20(2)14(10,23)15(16,17)18/h4-8,10-11,23H,3H2,1-2H3,(H,19,22)/t10-,11+,14+/m1/s1. The molecule has 2 N–H and O–H groups in total. The van der Waals surface area contributed by atoms with Crippen molar-refractivity contribution in [3.05, 3.63) is 35.9 Å². The second-order valence-corrected chi connectivity index (χ2v) is 5.35. The third-order valence-electron chi connectivity index (χ3n) is 3.98. The summed E-state index contributed by atoms with van der Waals surface area (Å²) in [6.07, 6.45) is -5.26. The summed E-state index contributed by atoms with van der Waals surface area (Å²) in [5.74, 6) is -3.33. The van der Waals surface area contributed by atoms with E-state index in [4.69, 9.17) is 4.74 Å². The van der Waals surface area contributed by atoms with Crippen molar-refractivity contribution < 1.29 is 32.6 Å². The first kappa shape index (κ1) is 18.1. The maximum atomic E-state index is 13.6. The van der Waals surface area contributed by atoms with Crippen LogP contribution in [0.4, 0.5) is 18.0 Å². The highest BCUT2D eigenvalue weighted by atomic mass is 19.4. The molecule has 0 aliphatic carbocycles. The van der Waals surface area contributed by atoms with E-state index in [-0.39, 0.29) is 17.1 Å². The Balaban J connectivity index is 2.61. The summed E-state index contributed by atoms with van der Waals surface area (Å²) in [6, 6.07) is 5.11. The van der Waals surface area contributed by atoms with Gasteiger partial charge in [-0.25, -0.2) is 4.79 Å². The molecule has 132 valence electrons. The molecular formula is C15H17F3N2O4. The molecule has 1 aromatic rings. The maximum absolute atomic E-state index is 13.6. The molecule has 0 bridgehead atoms. The number of benzene rings is 1. The van der Waals surface area contributed by atoms with Crippen molar-refractivity contribution in [3.63, 3.8) is 0 Å². The van der Waals surface area contributed by atoms with Gasteiger partial charge in [-0.3, -0.25) is 9.69 Å². The Hall–Kier alpha value is -2.29. The van der Waals surface area contributed by atoms with Gasteiger partial charge in [0.2, 0.25) is 0 Å². The Morgan fingerprint density at radius 2 is 1.96 bits per heavy atom. The van der Waals surface area contributed by atoms with Gasteiger partial charge >= 0.3 is 18.2 Å². The lowest BCUT2D eigenvalue weighted by molar-refractivity contribution is -0.328. The zero-order valence-electron chi connectivity index (χ0n) is 13.0. The van der Waals surface area contributed by atoms with Gasteiger partial charge in [0.25, 0.3) is 5.72 Å². The highest BCUT2D eigenvalue weighted by Crippen LogP contribution is 2.46. The first-order chi connectivity index (χ1) is 11.1. The molecule has 1 aromatic carbocycles. The third kappa shape index (κ3) is 2.79. The summed E-state index contributed by atoms with van der Waals surface area (Å²) in [7, 11) is 0.774. The average molecular weight is 346 g/mol. The molecule has 0 spiro atoms. The summed E-state index contributed by atoms with van der Waals surface area (Å²) >= 11 is 0. The minimum absolute atomic E-state index is 0.0774. The molecule has 1 aliphatic heterocycles. The number of hydrogen-bond acceptors (Lipinski definition) is 4. The Kier molecular flexibility index (Phi) is 4.75. The van der Waals surface area contributed by atoms with Gasteiger partial charge in [0.1, 0.15) is 5.92 Å². The number of rotatable bonds is 3. The molecule has 0 unspecified atom stereocenters. The molecular weight excluding hydrogens is 329 g/mol. The first-order valence-corrected chi connectivity index (χ1v) is 7.19. The number of carbonyl (C=O) groups is 2. The lowest BCUT2D eigenvalue weighted by Gasteiger charge is -2.49. The number of urea groups is 1. The van der Waals surface area contributed by atoms with Crippen molar-refractivity contribution in [1.82, 2.24) is 10.2 Å². The van der Waals surface area contributed by atoms with Crippen molar-refractivity contribution in [2.24, 2.45) is 5.92 Å². The number of ether oxygens (including phenoxy) is 1. The molecule has 1 aliphatic rings. The fraction of sp³-hybridized carbons (Fsp3) is 0.467. The summed E-state index contributed by atoms with van der Waals surface area (Å²) in [6.45, 7) is 1.27. The fourth-order valence-electron chi connectivity index (χ4n) is 2.74. The average Bonchev–Trinajstić information content (AvgIpc) is 2.52. The number of amides is 2. The van der Waals surface area contributed by atoms with Gasteiger partial charge in [-0.2, -0.15) is 13.2 Å². The van der Waals surface area contributed by atoms with Gasteiger partial charge in [-0.1, -0.05) is 30.3 Å². The van der Waals surface area contributed by atoms with Crippen molar-refractivity contribution in [2.75, 3.05) is 13.7 Å². The summed E-state index contributed by atoms with van der Waals surface area (Å²) < 4.78 is 45.6. The van der Waals surface area contributed by atoms with Gasteiger partial charge < -0.3 is 15.2 Å². The van der Waals surface area contributed by atoms with Gasteiger partial charge in [0, 0.05) is 7.05 Å². The van der Waals surface area contributed by atoms with Crippen LogP contribution in [0.1, 0.15) is 18.5 Å². The van der Waals surface area contributed by atoms with Crippen LogP contribution in [0.3, 0.4) is 0 Å². The minimum atomic E-state index is -5.26. The lowest BCUT2D eigenvalue weighted by atomic mass is 9.81. The molecule has 6 nitrogen and oxygen atoms in total. The predicted molar refractivity (Wildman–Crippen MR) is 76.6 cm³/mol. The van der Waals surface area contributed by atoms with E-state index in [1.807, 2.05) is 0 Å². The monoisotopic (exact) mass is 346 g/mol. The Morgan fingerprint density at radius 1 is 1.38 bits per heavy atom. The van der Waals surface area contributed by atoms with Crippen LogP contribution in [0.5, 0.6) is 0 Å². The van der Waals surface area contributed by atoms with Gasteiger partial charge in [-0.15, -0.1) is 0 Å². The Labute approximate surface area is 136 Å². The minimum Gasteiger partial charge on any atom is -0.466 e. The second-order valence-electron chi connectivity index (χ2n) is 5.35. The molecule has 0 saturated carbocycles. The zero-order chi connectivity index (χ0) is 18.1. The van der Waals surface area contributed by atoms with Crippen molar-refractivity contribution in [2.45, 2.75) is 24.9 Å². The van der Waals surface area contributed by atoms with Gasteiger partial charge in [0.05, 0.1) is 12.6 Å². The summed E-state index contributed by atoms with van der Waals surface area (Å²) in [5, 5.41) is 12.7. The number of alkyl halides is 3. The quantitative estimate of drug-likeness (QED) is 0.819. The third-order valence-corrected chi connectivity index (χ3v) is 3.98. The van der Waals surface area contributed by atoms with Crippen LogP contribution in [0.2, 0.25) is 0 Å². The molecule has 24 heavy (non-hydrogen) atoms. The molecule has 9 heteroatoms. The van der Waals surface area contributed by atoms with E-state index in [2.05, 4.69) is 5.32 Å². The highest BCUT2D eigenvalue weighted by molar-refractivity contribution is 5.83. The summed E-state index contributed by atoms with van der Waals surface area (Å²) in [5.41, 5.74) is -3.44. The van der Waals surface area contributed by atoms with E-state index < -0.39 is 35.9 Å². The normalized spacial score (nSPS) is 27.6. The van der Waals surface area contributed by atoms with E-state index in [0.717, 1.165) is 7.05 Å². The van der Waals surface area contributed by atoms with Crippen LogP contribution in [-0.2, 0) is 9.53 Å². The van der Waals surface area contributed by atoms with Crippen LogP contribution in [-0.4, -0.2) is 47.6 Å². The van der Waals surface area contributed by atoms with Gasteiger partial charge in [-0.05, 0) is 12.5 Å². The number of carbonyl (C=O) groups excluding carboxylic acids is 2. The van der Waals surface area contributed by atoms with Crippen molar-refractivity contribution in [1.29, 1.82) is 0 Å². The number of halogens is 3. The highest BCUT2D eigenvalue weighted by Gasteiger charge is 2.69. The van der Waals surface area contributed by atoms with Crippen LogP contribution in [0, 0.1) is 5.92 Å². The largest absolute Gasteiger partial charge is 0.466 e. The maximum Gasteiger partial charge on any atom is 0.437 e. The predicted octanol–water partition coefficient (Wildman–Crippen LogP) is 1.81. The first-order valence-electron chi connectivity index (χ1n) is 7.19. The Morgan fingerprint density at radius 3 is 2.46 bits per heavy atom. The van der Waals surface area contributed by atoms with E-state index in [9.17, 15) is 27.9 Å². The summed E-state index contributed by atoms with van der Waals surface area (Å²) in [4.78, 5) is 24.3. The number of aliphatic hydroxyl groups is 1. The van der Waals surface area contributed by atoms with E-state index in [1.165, 1.54) is 19.1 Å². The molecule has 1 heterocycles. The smallest absolute Gasteiger partial charge is 0.437 e. The van der Waals surface area contributed by atoms with Crippen LogP contribution in [0.25, 0.3) is 0 Å². The molecule has 0 aromatic heterocycles.